The van der Waals surface area contributed by atoms with Gasteiger partial charge in [0.05, 0.1) is 5.92 Å². The molecule has 2 atom stereocenters. The second kappa shape index (κ2) is 4.44. The third-order valence-corrected chi connectivity index (χ3v) is 4.10. The maximum absolute atomic E-state index is 11.6. The maximum atomic E-state index is 11.6. The quantitative estimate of drug-likeness (QED) is 0.774. The lowest BCUT2D eigenvalue weighted by atomic mass is 9.79. The molecule has 4 heteroatoms. The Kier molecular flexibility index (Phi) is 3.17. The Morgan fingerprint density at radius 2 is 1.94 bits per heavy atom. The highest BCUT2D eigenvalue weighted by molar-refractivity contribution is 5.86. The topological polar surface area (TPSA) is 57.6 Å². The zero-order valence-corrected chi connectivity index (χ0v) is 9.69. The number of carbonyl (C=O) groups is 2. The zero-order valence-electron chi connectivity index (χ0n) is 9.69. The summed E-state index contributed by atoms with van der Waals surface area (Å²) >= 11 is 0. The van der Waals surface area contributed by atoms with Crippen molar-refractivity contribution in [3.8, 4) is 0 Å². The number of nitrogens with zero attached hydrogens (tertiary/aromatic N) is 1. The normalized spacial score (nSPS) is 32.1. The van der Waals surface area contributed by atoms with E-state index in [9.17, 15) is 14.7 Å². The molecule has 2 unspecified atom stereocenters. The van der Waals surface area contributed by atoms with Crippen LogP contribution in [0.5, 0.6) is 0 Å². The Balaban J connectivity index is 2.14. The molecule has 16 heavy (non-hydrogen) atoms. The molecular weight excluding hydrogens is 206 g/mol. The molecule has 1 aliphatic heterocycles. The molecule has 1 amide bonds. The molecule has 0 bridgehead atoms. The van der Waals surface area contributed by atoms with Gasteiger partial charge in [0.15, 0.2) is 0 Å². The molecule has 90 valence electrons. The molecule has 2 aliphatic rings. The minimum Gasteiger partial charge on any atom is -0.481 e. The third-order valence-electron chi connectivity index (χ3n) is 4.10. The summed E-state index contributed by atoms with van der Waals surface area (Å²) in [6.07, 6.45) is 5.94. The fourth-order valence-corrected chi connectivity index (χ4v) is 3.24. The molecule has 0 aromatic rings. The number of hydrogen-bond acceptors (Lipinski definition) is 2. The average Bonchev–Trinajstić information content (AvgIpc) is 2.57. The second-order valence-electron chi connectivity index (χ2n) is 5.04. The molecule has 1 saturated carbocycles. The van der Waals surface area contributed by atoms with Crippen LogP contribution in [-0.2, 0) is 9.59 Å². The molecule has 2 rings (SSSR count). The number of amides is 1. The van der Waals surface area contributed by atoms with Crippen molar-refractivity contribution in [2.45, 2.75) is 44.6 Å². The Labute approximate surface area is 95.6 Å². The average molecular weight is 225 g/mol. The summed E-state index contributed by atoms with van der Waals surface area (Å²) in [7, 11) is 1.75. The number of rotatable bonds is 2. The van der Waals surface area contributed by atoms with Gasteiger partial charge in [-0.15, -0.1) is 0 Å². The van der Waals surface area contributed by atoms with E-state index in [0.717, 1.165) is 12.8 Å². The van der Waals surface area contributed by atoms with Gasteiger partial charge >= 0.3 is 5.97 Å². The first kappa shape index (κ1) is 11.4. The van der Waals surface area contributed by atoms with Crippen LogP contribution in [-0.4, -0.2) is 35.0 Å². The second-order valence-corrected chi connectivity index (χ2v) is 5.04. The summed E-state index contributed by atoms with van der Waals surface area (Å²) in [5, 5.41) is 9.17. The van der Waals surface area contributed by atoms with Crippen molar-refractivity contribution >= 4 is 11.9 Å². The van der Waals surface area contributed by atoms with E-state index < -0.39 is 11.9 Å². The van der Waals surface area contributed by atoms with Crippen LogP contribution < -0.4 is 0 Å². The van der Waals surface area contributed by atoms with E-state index in [4.69, 9.17) is 0 Å². The van der Waals surface area contributed by atoms with Crippen molar-refractivity contribution in [1.82, 2.24) is 4.90 Å². The van der Waals surface area contributed by atoms with E-state index in [1.165, 1.54) is 19.3 Å². The van der Waals surface area contributed by atoms with Gasteiger partial charge in [-0.1, -0.05) is 19.3 Å². The first-order valence-corrected chi connectivity index (χ1v) is 6.09. The van der Waals surface area contributed by atoms with Gasteiger partial charge in [0.25, 0.3) is 0 Å². The first-order chi connectivity index (χ1) is 7.61. The fourth-order valence-electron chi connectivity index (χ4n) is 3.24. The molecule has 0 radical (unpaired) electrons. The minimum atomic E-state index is -0.812. The molecule has 4 nitrogen and oxygen atoms in total. The highest BCUT2D eigenvalue weighted by Crippen LogP contribution is 2.37. The SMILES string of the molecule is CN1C(=O)CC(C(=O)O)C1C1CCCCC1. The standard InChI is InChI=1S/C12H19NO3/c1-13-10(14)7-9(12(15)16)11(13)8-5-3-2-4-6-8/h8-9,11H,2-7H2,1H3,(H,15,16). The lowest BCUT2D eigenvalue weighted by Crippen LogP contribution is -2.41. The summed E-state index contributed by atoms with van der Waals surface area (Å²) in [4.78, 5) is 24.4. The fraction of sp³-hybridized carbons (Fsp3) is 0.833. The lowest BCUT2D eigenvalue weighted by molar-refractivity contribution is -0.143. The van der Waals surface area contributed by atoms with Crippen LogP contribution in [0.3, 0.4) is 0 Å². The Morgan fingerprint density at radius 3 is 2.50 bits per heavy atom. The summed E-state index contributed by atoms with van der Waals surface area (Å²) in [6, 6.07) is -0.0645. The number of hydrogen-bond donors (Lipinski definition) is 1. The van der Waals surface area contributed by atoms with Crippen molar-refractivity contribution in [2.75, 3.05) is 7.05 Å². The Bertz CT molecular complexity index is 297. The lowest BCUT2D eigenvalue weighted by Gasteiger charge is -2.33. The molecule has 0 spiro atoms. The van der Waals surface area contributed by atoms with Crippen molar-refractivity contribution in [3.63, 3.8) is 0 Å². The van der Waals surface area contributed by atoms with Gasteiger partial charge < -0.3 is 10.0 Å². The minimum absolute atomic E-state index is 0.0111. The van der Waals surface area contributed by atoms with E-state index in [0.29, 0.717) is 5.92 Å². The van der Waals surface area contributed by atoms with Crippen LogP contribution in [0, 0.1) is 11.8 Å². The van der Waals surface area contributed by atoms with Gasteiger partial charge in [-0.25, -0.2) is 0 Å². The van der Waals surface area contributed by atoms with E-state index in [-0.39, 0.29) is 18.4 Å². The van der Waals surface area contributed by atoms with Crippen LogP contribution in [0.2, 0.25) is 0 Å². The van der Waals surface area contributed by atoms with E-state index in [2.05, 4.69) is 0 Å². The number of carboxylic acid groups (broad SMARTS) is 1. The summed E-state index contributed by atoms with van der Waals surface area (Å²) in [5.41, 5.74) is 0. The summed E-state index contributed by atoms with van der Waals surface area (Å²) < 4.78 is 0. The van der Waals surface area contributed by atoms with Crippen LogP contribution >= 0.6 is 0 Å². The Hall–Kier alpha value is -1.06. The van der Waals surface area contributed by atoms with Crippen molar-refractivity contribution in [1.29, 1.82) is 0 Å². The number of likely N-dealkylation sites (tertiary alicyclic amines) is 1. The predicted octanol–water partition coefficient (Wildman–Crippen LogP) is 1.50. The number of carboxylic acids is 1. The predicted molar refractivity (Wildman–Crippen MR) is 58.9 cm³/mol. The van der Waals surface area contributed by atoms with Gasteiger partial charge in [0.1, 0.15) is 0 Å². The largest absolute Gasteiger partial charge is 0.481 e. The molecule has 0 aromatic carbocycles. The van der Waals surface area contributed by atoms with E-state index >= 15 is 0 Å². The van der Waals surface area contributed by atoms with Crippen LogP contribution in [0.1, 0.15) is 38.5 Å². The smallest absolute Gasteiger partial charge is 0.309 e. The first-order valence-electron chi connectivity index (χ1n) is 6.09. The van der Waals surface area contributed by atoms with Crippen LogP contribution in [0.25, 0.3) is 0 Å². The van der Waals surface area contributed by atoms with Crippen molar-refractivity contribution in [2.24, 2.45) is 11.8 Å². The van der Waals surface area contributed by atoms with Crippen molar-refractivity contribution in [3.05, 3.63) is 0 Å². The van der Waals surface area contributed by atoms with E-state index in [1.54, 1.807) is 11.9 Å². The molecule has 2 fully saturated rings. The highest BCUT2D eigenvalue weighted by Gasteiger charge is 2.45. The number of aliphatic carboxylic acids is 1. The molecule has 1 heterocycles. The van der Waals surface area contributed by atoms with Gasteiger partial charge in [0, 0.05) is 19.5 Å². The Morgan fingerprint density at radius 1 is 1.31 bits per heavy atom. The van der Waals surface area contributed by atoms with E-state index in [1.807, 2.05) is 0 Å². The molecule has 1 aliphatic carbocycles. The van der Waals surface area contributed by atoms with Gasteiger partial charge in [-0.3, -0.25) is 9.59 Å². The molecule has 0 aromatic heterocycles. The monoisotopic (exact) mass is 225 g/mol. The highest BCUT2D eigenvalue weighted by atomic mass is 16.4. The molecular formula is C12H19NO3. The number of carbonyl (C=O) groups excluding carboxylic acids is 1. The van der Waals surface area contributed by atoms with Gasteiger partial charge in [0.2, 0.25) is 5.91 Å². The van der Waals surface area contributed by atoms with Crippen LogP contribution in [0.4, 0.5) is 0 Å². The zero-order chi connectivity index (χ0) is 11.7. The van der Waals surface area contributed by atoms with Crippen LogP contribution in [0.15, 0.2) is 0 Å². The molecule has 1 N–H and O–H groups in total. The van der Waals surface area contributed by atoms with Crippen molar-refractivity contribution < 1.29 is 14.7 Å². The summed E-state index contributed by atoms with van der Waals surface area (Å²) in [5.74, 6) is -0.914. The maximum Gasteiger partial charge on any atom is 0.309 e. The third kappa shape index (κ3) is 1.93. The molecule has 1 saturated heterocycles. The summed E-state index contributed by atoms with van der Waals surface area (Å²) in [6.45, 7) is 0. The van der Waals surface area contributed by atoms with Gasteiger partial charge in [-0.05, 0) is 18.8 Å². The van der Waals surface area contributed by atoms with Gasteiger partial charge in [-0.2, -0.15) is 0 Å².